The summed E-state index contributed by atoms with van der Waals surface area (Å²) in [6.07, 6.45) is 4.27. The lowest BCUT2D eigenvalue weighted by atomic mass is 10.1. The van der Waals surface area contributed by atoms with E-state index in [1.54, 1.807) is 19.3 Å². The predicted octanol–water partition coefficient (Wildman–Crippen LogP) is 1.62. The lowest BCUT2D eigenvalue weighted by molar-refractivity contribution is 0.181. The summed E-state index contributed by atoms with van der Waals surface area (Å²) < 4.78 is 5.09. The smallest absolute Gasteiger partial charge is 0.229 e. The second kappa shape index (κ2) is 5.05. The van der Waals surface area contributed by atoms with Crippen molar-refractivity contribution in [2.75, 3.05) is 0 Å². The summed E-state index contributed by atoms with van der Waals surface area (Å²) in [5.41, 5.74) is 2.01. The summed E-state index contributed by atoms with van der Waals surface area (Å²) in [7, 11) is 0. The molecular formula is C12H15N3O2. The number of pyridine rings is 1. The molecule has 1 atom stereocenters. The van der Waals surface area contributed by atoms with E-state index < -0.39 is 6.10 Å². The Hall–Kier alpha value is -1.75. The Morgan fingerprint density at radius 1 is 1.47 bits per heavy atom. The maximum Gasteiger partial charge on any atom is 0.229 e. The normalized spacial score (nSPS) is 12.6. The molecule has 2 heterocycles. The molecule has 0 saturated carbocycles. The molecule has 0 saturated heterocycles. The summed E-state index contributed by atoms with van der Waals surface area (Å²) in [5, 5.41) is 13.2. The lowest BCUT2D eigenvalue weighted by Gasteiger charge is -2.01. The lowest BCUT2D eigenvalue weighted by Crippen LogP contribution is -2.04. The van der Waals surface area contributed by atoms with Gasteiger partial charge in [-0.3, -0.25) is 4.98 Å². The topological polar surface area (TPSA) is 72.0 Å². The van der Waals surface area contributed by atoms with Crippen LogP contribution in [-0.4, -0.2) is 26.3 Å². The average molecular weight is 233 g/mol. The summed E-state index contributed by atoms with van der Waals surface area (Å²) in [6, 6.07) is 1.87. The fourth-order valence-corrected chi connectivity index (χ4v) is 1.63. The van der Waals surface area contributed by atoms with Crippen LogP contribution in [0.15, 0.2) is 23.0 Å². The maximum atomic E-state index is 9.25. The zero-order chi connectivity index (χ0) is 12.3. The first kappa shape index (κ1) is 11.7. The summed E-state index contributed by atoms with van der Waals surface area (Å²) >= 11 is 0. The van der Waals surface area contributed by atoms with Gasteiger partial charge in [-0.05, 0) is 25.0 Å². The third-order valence-corrected chi connectivity index (χ3v) is 2.46. The van der Waals surface area contributed by atoms with Crippen LogP contribution in [-0.2, 0) is 12.8 Å². The Balaban J connectivity index is 2.30. The first-order valence-electron chi connectivity index (χ1n) is 5.64. The highest BCUT2D eigenvalue weighted by atomic mass is 16.5. The molecule has 0 aliphatic carbocycles. The van der Waals surface area contributed by atoms with Gasteiger partial charge in [0.05, 0.1) is 12.5 Å². The molecule has 1 N–H and O–H groups in total. The van der Waals surface area contributed by atoms with Gasteiger partial charge in [0.25, 0.3) is 0 Å². The molecule has 0 spiro atoms. The van der Waals surface area contributed by atoms with Gasteiger partial charge in [-0.2, -0.15) is 4.98 Å². The largest absolute Gasteiger partial charge is 0.393 e. The monoisotopic (exact) mass is 233 g/mol. The highest BCUT2D eigenvalue weighted by Crippen LogP contribution is 2.20. The first-order chi connectivity index (χ1) is 8.20. The second-order valence-electron chi connectivity index (χ2n) is 3.95. The van der Waals surface area contributed by atoms with Crippen LogP contribution < -0.4 is 0 Å². The number of hydrogen-bond donors (Lipinski definition) is 1. The van der Waals surface area contributed by atoms with Gasteiger partial charge in [0.15, 0.2) is 0 Å². The summed E-state index contributed by atoms with van der Waals surface area (Å²) in [6.45, 7) is 3.74. The molecule has 2 aromatic heterocycles. The van der Waals surface area contributed by atoms with Crippen molar-refractivity contribution < 1.29 is 9.63 Å². The molecule has 0 fully saturated rings. The molecule has 2 aromatic rings. The zero-order valence-electron chi connectivity index (χ0n) is 9.92. The van der Waals surface area contributed by atoms with Crippen LogP contribution in [0.3, 0.4) is 0 Å². The van der Waals surface area contributed by atoms with Crippen LogP contribution in [0, 0.1) is 0 Å². The van der Waals surface area contributed by atoms with Crippen molar-refractivity contribution in [1.29, 1.82) is 0 Å². The van der Waals surface area contributed by atoms with Crippen LogP contribution in [0.25, 0.3) is 11.4 Å². The molecule has 90 valence electrons. The minimum atomic E-state index is -0.480. The Morgan fingerprint density at radius 3 is 3.00 bits per heavy atom. The van der Waals surface area contributed by atoms with Crippen molar-refractivity contribution in [3.05, 3.63) is 29.9 Å². The van der Waals surface area contributed by atoms with Crippen molar-refractivity contribution in [1.82, 2.24) is 15.1 Å². The third-order valence-electron chi connectivity index (χ3n) is 2.46. The third kappa shape index (κ3) is 2.68. The van der Waals surface area contributed by atoms with E-state index in [9.17, 15) is 5.11 Å². The van der Waals surface area contributed by atoms with Gasteiger partial charge >= 0.3 is 0 Å². The average Bonchev–Trinajstić information content (AvgIpc) is 2.76. The van der Waals surface area contributed by atoms with Gasteiger partial charge in [0.1, 0.15) is 0 Å². The molecular weight excluding hydrogens is 218 g/mol. The molecule has 0 aliphatic rings. The van der Waals surface area contributed by atoms with Gasteiger partial charge in [-0.25, -0.2) is 0 Å². The van der Waals surface area contributed by atoms with Crippen molar-refractivity contribution in [2.24, 2.45) is 0 Å². The number of hydrogen-bond acceptors (Lipinski definition) is 5. The van der Waals surface area contributed by atoms with Crippen molar-refractivity contribution in [2.45, 2.75) is 32.8 Å². The Labute approximate surface area is 99.5 Å². The predicted molar refractivity (Wildman–Crippen MR) is 62.3 cm³/mol. The molecule has 5 heteroatoms. The first-order valence-corrected chi connectivity index (χ1v) is 5.64. The van der Waals surface area contributed by atoms with Gasteiger partial charge in [-0.1, -0.05) is 12.1 Å². The Kier molecular flexibility index (Phi) is 3.49. The number of nitrogens with zero attached hydrogens (tertiary/aromatic N) is 3. The Morgan fingerprint density at radius 2 is 2.29 bits per heavy atom. The van der Waals surface area contributed by atoms with Crippen LogP contribution in [0.1, 0.15) is 25.3 Å². The summed E-state index contributed by atoms with van der Waals surface area (Å²) in [4.78, 5) is 8.33. The molecule has 1 unspecified atom stereocenters. The SMILES string of the molecule is CCc1cnccc1-c1noc(CC(C)O)n1. The highest BCUT2D eigenvalue weighted by molar-refractivity contribution is 5.58. The van der Waals surface area contributed by atoms with E-state index in [-0.39, 0.29) is 0 Å². The Bertz CT molecular complexity index is 494. The minimum Gasteiger partial charge on any atom is -0.393 e. The van der Waals surface area contributed by atoms with Gasteiger partial charge in [0.2, 0.25) is 11.7 Å². The number of aliphatic hydroxyl groups is 1. The van der Waals surface area contributed by atoms with E-state index in [1.807, 2.05) is 6.07 Å². The van der Waals surface area contributed by atoms with Crippen molar-refractivity contribution in [3.63, 3.8) is 0 Å². The van der Waals surface area contributed by atoms with E-state index in [2.05, 4.69) is 22.0 Å². The summed E-state index contributed by atoms with van der Waals surface area (Å²) in [5.74, 6) is 1.01. The number of aryl methyl sites for hydroxylation is 1. The van der Waals surface area contributed by atoms with Crippen molar-refractivity contribution in [3.8, 4) is 11.4 Å². The fourth-order valence-electron chi connectivity index (χ4n) is 1.63. The molecule has 0 aromatic carbocycles. The molecule has 5 nitrogen and oxygen atoms in total. The molecule has 0 aliphatic heterocycles. The quantitative estimate of drug-likeness (QED) is 0.868. The highest BCUT2D eigenvalue weighted by Gasteiger charge is 2.12. The van der Waals surface area contributed by atoms with Crippen LogP contribution in [0.2, 0.25) is 0 Å². The molecule has 0 bridgehead atoms. The van der Waals surface area contributed by atoms with Crippen molar-refractivity contribution >= 4 is 0 Å². The van der Waals surface area contributed by atoms with Crippen LogP contribution >= 0.6 is 0 Å². The van der Waals surface area contributed by atoms with Gasteiger partial charge < -0.3 is 9.63 Å². The molecule has 0 radical (unpaired) electrons. The van der Waals surface area contributed by atoms with Crippen LogP contribution in [0.4, 0.5) is 0 Å². The van der Waals surface area contributed by atoms with E-state index >= 15 is 0 Å². The molecule has 0 amide bonds. The molecule has 17 heavy (non-hydrogen) atoms. The van der Waals surface area contributed by atoms with Crippen LogP contribution in [0.5, 0.6) is 0 Å². The maximum absolute atomic E-state index is 9.25. The minimum absolute atomic E-state index is 0.375. The molecule has 2 rings (SSSR count). The second-order valence-corrected chi connectivity index (χ2v) is 3.95. The van der Waals surface area contributed by atoms with E-state index in [4.69, 9.17) is 4.52 Å². The fraction of sp³-hybridized carbons (Fsp3) is 0.417. The number of aliphatic hydroxyl groups excluding tert-OH is 1. The van der Waals surface area contributed by atoms with E-state index in [0.717, 1.165) is 17.5 Å². The number of rotatable bonds is 4. The van der Waals surface area contributed by atoms with E-state index in [1.165, 1.54) is 0 Å². The zero-order valence-corrected chi connectivity index (χ0v) is 9.92. The number of aromatic nitrogens is 3. The van der Waals surface area contributed by atoms with E-state index in [0.29, 0.717) is 18.1 Å². The van der Waals surface area contributed by atoms with Gasteiger partial charge in [0, 0.05) is 18.0 Å². The standard InChI is InChI=1S/C12H15N3O2/c1-3-9-7-13-5-4-10(9)12-14-11(17-15-12)6-8(2)16/h4-5,7-8,16H,3,6H2,1-2H3. The van der Waals surface area contributed by atoms with Gasteiger partial charge in [-0.15, -0.1) is 0 Å².